The molecule has 0 bridgehead atoms. The molecule has 18 heavy (non-hydrogen) atoms. The third-order valence-electron chi connectivity index (χ3n) is 5.44. The Morgan fingerprint density at radius 3 is 2.28 bits per heavy atom. The molecule has 1 fully saturated rings. The molecular weight excluding hydrogens is 222 g/mol. The van der Waals surface area contributed by atoms with Gasteiger partial charge in [-0.2, -0.15) is 0 Å². The third kappa shape index (κ3) is 3.48. The number of unbranched alkanes of at least 4 members (excludes halogenated alkanes) is 2. The van der Waals surface area contributed by atoms with Crippen molar-refractivity contribution in [1.82, 2.24) is 0 Å². The highest BCUT2D eigenvalue weighted by Crippen LogP contribution is 2.48. The lowest BCUT2D eigenvalue weighted by Crippen LogP contribution is -2.52. The summed E-state index contributed by atoms with van der Waals surface area (Å²) in [6, 6.07) is 0. The molecule has 0 aromatic heterocycles. The normalized spacial score (nSPS) is 32.2. The number of aliphatic hydroxyl groups is 1. The molecule has 1 aliphatic rings. The van der Waals surface area contributed by atoms with Crippen LogP contribution in [0.15, 0.2) is 0 Å². The van der Waals surface area contributed by atoms with Crippen molar-refractivity contribution in [3.63, 3.8) is 0 Å². The third-order valence-corrected chi connectivity index (χ3v) is 5.44. The Balaban J connectivity index is 2.63. The highest BCUT2D eigenvalue weighted by molar-refractivity contribution is 4.99. The Morgan fingerprint density at radius 2 is 1.83 bits per heavy atom. The lowest BCUT2D eigenvalue weighted by atomic mass is 9.60. The molecule has 0 saturated heterocycles. The van der Waals surface area contributed by atoms with E-state index in [4.69, 9.17) is 5.73 Å². The van der Waals surface area contributed by atoms with E-state index in [1.54, 1.807) is 0 Å². The zero-order valence-corrected chi connectivity index (χ0v) is 12.7. The van der Waals surface area contributed by atoms with Crippen molar-refractivity contribution < 1.29 is 5.11 Å². The maximum atomic E-state index is 10.9. The van der Waals surface area contributed by atoms with Crippen molar-refractivity contribution in [3.05, 3.63) is 0 Å². The van der Waals surface area contributed by atoms with E-state index in [0.29, 0.717) is 6.54 Å². The van der Waals surface area contributed by atoms with E-state index in [9.17, 15) is 5.11 Å². The van der Waals surface area contributed by atoms with Crippen LogP contribution < -0.4 is 5.73 Å². The first-order valence-corrected chi connectivity index (χ1v) is 7.94. The zero-order chi connectivity index (χ0) is 13.6. The molecule has 1 rings (SSSR count). The SMILES string of the molecule is CCCCCC(C)(O)C1(CN)CCC(CC)CC1. The Hall–Kier alpha value is -0.0800. The molecule has 1 atom stereocenters. The summed E-state index contributed by atoms with van der Waals surface area (Å²) in [5.74, 6) is 0.858. The van der Waals surface area contributed by atoms with E-state index in [1.165, 1.54) is 32.1 Å². The average Bonchev–Trinajstić information content (AvgIpc) is 2.38. The fourth-order valence-electron chi connectivity index (χ4n) is 3.59. The molecule has 0 amide bonds. The molecule has 108 valence electrons. The molecular formula is C16H33NO. The summed E-state index contributed by atoms with van der Waals surface area (Å²) in [5.41, 5.74) is 5.46. The van der Waals surface area contributed by atoms with Crippen LogP contribution in [0.3, 0.4) is 0 Å². The summed E-state index contributed by atoms with van der Waals surface area (Å²) < 4.78 is 0. The fourth-order valence-corrected chi connectivity index (χ4v) is 3.59. The minimum Gasteiger partial charge on any atom is -0.390 e. The maximum Gasteiger partial charge on any atom is 0.0687 e. The lowest BCUT2D eigenvalue weighted by molar-refractivity contribution is -0.0981. The first-order valence-electron chi connectivity index (χ1n) is 7.94. The van der Waals surface area contributed by atoms with Gasteiger partial charge in [0.15, 0.2) is 0 Å². The molecule has 0 radical (unpaired) electrons. The van der Waals surface area contributed by atoms with Crippen LogP contribution in [0.25, 0.3) is 0 Å². The Labute approximate surface area is 113 Å². The van der Waals surface area contributed by atoms with Crippen molar-refractivity contribution in [3.8, 4) is 0 Å². The van der Waals surface area contributed by atoms with Crippen LogP contribution in [0.5, 0.6) is 0 Å². The van der Waals surface area contributed by atoms with Crippen LogP contribution in [0.4, 0.5) is 0 Å². The molecule has 0 aromatic carbocycles. The van der Waals surface area contributed by atoms with Gasteiger partial charge in [0.25, 0.3) is 0 Å². The molecule has 1 saturated carbocycles. The number of hydrogen-bond donors (Lipinski definition) is 2. The summed E-state index contributed by atoms with van der Waals surface area (Å²) in [5, 5.41) is 10.9. The van der Waals surface area contributed by atoms with Crippen LogP contribution in [0, 0.1) is 11.3 Å². The summed E-state index contributed by atoms with van der Waals surface area (Å²) in [4.78, 5) is 0. The quantitative estimate of drug-likeness (QED) is 0.678. The van der Waals surface area contributed by atoms with Gasteiger partial charge in [-0.3, -0.25) is 0 Å². The standard InChI is InChI=1S/C16H33NO/c1-4-6-7-10-15(3,18)16(13-17)11-8-14(5-2)9-12-16/h14,18H,4-13,17H2,1-3H3. The Morgan fingerprint density at radius 1 is 1.22 bits per heavy atom. The van der Waals surface area contributed by atoms with Crippen molar-refractivity contribution in [2.45, 2.75) is 84.2 Å². The number of hydrogen-bond acceptors (Lipinski definition) is 2. The summed E-state index contributed by atoms with van der Waals surface area (Å²) in [7, 11) is 0. The maximum absolute atomic E-state index is 10.9. The molecule has 2 nitrogen and oxygen atoms in total. The highest BCUT2D eigenvalue weighted by atomic mass is 16.3. The highest BCUT2D eigenvalue weighted by Gasteiger charge is 2.47. The topological polar surface area (TPSA) is 46.2 Å². The van der Waals surface area contributed by atoms with Crippen molar-refractivity contribution >= 4 is 0 Å². The number of rotatable bonds is 7. The van der Waals surface area contributed by atoms with Gasteiger partial charge in [-0.1, -0.05) is 39.5 Å². The van der Waals surface area contributed by atoms with E-state index >= 15 is 0 Å². The second kappa shape index (κ2) is 6.91. The predicted molar refractivity (Wildman–Crippen MR) is 78.5 cm³/mol. The second-order valence-electron chi connectivity index (χ2n) is 6.57. The van der Waals surface area contributed by atoms with Gasteiger partial charge in [-0.25, -0.2) is 0 Å². The largest absolute Gasteiger partial charge is 0.390 e. The second-order valence-corrected chi connectivity index (χ2v) is 6.57. The van der Waals surface area contributed by atoms with Crippen molar-refractivity contribution in [2.75, 3.05) is 6.54 Å². The van der Waals surface area contributed by atoms with Gasteiger partial charge in [0.05, 0.1) is 5.60 Å². The molecule has 1 aliphatic carbocycles. The monoisotopic (exact) mass is 255 g/mol. The van der Waals surface area contributed by atoms with Crippen LogP contribution in [-0.4, -0.2) is 17.3 Å². The van der Waals surface area contributed by atoms with Gasteiger partial charge in [-0.15, -0.1) is 0 Å². The van der Waals surface area contributed by atoms with Crippen molar-refractivity contribution in [1.29, 1.82) is 0 Å². The molecule has 0 aliphatic heterocycles. The molecule has 2 heteroatoms. The lowest BCUT2D eigenvalue weighted by Gasteiger charge is -2.49. The van der Waals surface area contributed by atoms with Crippen LogP contribution >= 0.6 is 0 Å². The molecule has 0 heterocycles. The fraction of sp³-hybridized carbons (Fsp3) is 1.00. The van der Waals surface area contributed by atoms with E-state index in [2.05, 4.69) is 13.8 Å². The van der Waals surface area contributed by atoms with Gasteiger partial charge in [0.2, 0.25) is 0 Å². The molecule has 0 spiro atoms. The summed E-state index contributed by atoms with van der Waals surface area (Å²) >= 11 is 0. The minimum atomic E-state index is -0.574. The molecule has 0 aromatic rings. The van der Waals surface area contributed by atoms with E-state index in [-0.39, 0.29) is 5.41 Å². The molecule has 1 unspecified atom stereocenters. The van der Waals surface area contributed by atoms with Crippen LogP contribution in [0.1, 0.15) is 78.6 Å². The first kappa shape index (κ1) is 16.0. The molecule has 3 N–H and O–H groups in total. The smallest absolute Gasteiger partial charge is 0.0687 e. The van der Waals surface area contributed by atoms with Crippen LogP contribution in [-0.2, 0) is 0 Å². The Kier molecular flexibility index (Phi) is 6.13. The van der Waals surface area contributed by atoms with Crippen molar-refractivity contribution in [2.24, 2.45) is 17.1 Å². The van der Waals surface area contributed by atoms with Gasteiger partial charge in [0, 0.05) is 12.0 Å². The average molecular weight is 255 g/mol. The number of nitrogens with two attached hydrogens (primary N) is 1. The van der Waals surface area contributed by atoms with Gasteiger partial charge in [0.1, 0.15) is 0 Å². The Bertz CT molecular complexity index is 229. The summed E-state index contributed by atoms with van der Waals surface area (Å²) in [6.07, 6.45) is 10.5. The first-order chi connectivity index (χ1) is 8.51. The van der Waals surface area contributed by atoms with Crippen LogP contribution in [0.2, 0.25) is 0 Å². The van der Waals surface area contributed by atoms with Gasteiger partial charge in [-0.05, 0) is 44.9 Å². The van der Waals surface area contributed by atoms with Gasteiger partial charge < -0.3 is 10.8 Å². The van der Waals surface area contributed by atoms with E-state index in [1.807, 2.05) is 6.92 Å². The zero-order valence-electron chi connectivity index (χ0n) is 12.7. The van der Waals surface area contributed by atoms with E-state index < -0.39 is 5.60 Å². The summed E-state index contributed by atoms with van der Waals surface area (Å²) in [6.45, 7) is 7.16. The predicted octanol–water partition coefficient (Wildman–Crippen LogP) is 3.86. The van der Waals surface area contributed by atoms with E-state index in [0.717, 1.165) is 31.6 Å². The minimum absolute atomic E-state index is 0.0214. The van der Waals surface area contributed by atoms with Gasteiger partial charge >= 0.3 is 0 Å².